The SMILES string of the molecule is CCCCSc1ccc(/C=C/C2=CC(=C/C=C/C(C)(C)C)/CC(C)(C)C2)cc1.CCN(CC)c1ccc(/C=C/C(C)(C)C)cc1.CCN(CC)c1ccc(/C=C/C2=CC(=C/C=C/C(C)(C)C)/CC(C)(C)C2)cc1. The van der Waals surface area contributed by atoms with Crippen molar-refractivity contribution in [3.8, 4) is 0 Å². The summed E-state index contributed by atoms with van der Waals surface area (Å²) in [6.45, 7) is 44.8. The van der Waals surface area contributed by atoms with Crippen molar-refractivity contribution in [2.24, 2.45) is 27.1 Å². The van der Waals surface area contributed by atoms with Gasteiger partial charge >= 0.3 is 0 Å². The lowest BCUT2D eigenvalue weighted by Crippen LogP contribution is -2.21. The first kappa shape index (κ1) is 62.6. The first-order chi connectivity index (χ1) is 34.2. The monoisotopic (exact) mass is 1000 g/mol. The Kier molecular flexibility index (Phi) is 25.7. The van der Waals surface area contributed by atoms with E-state index in [1.54, 1.807) is 0 Å². The fourth-order valence-corrected chi connectivity index (χ4v) is 9.89. The maximum atomic E-state index is 2.38. The molecule has 0 heterocycles. The van der Waals surface area contributed by atoms with E-state index in [2.05, 4.69) is 292 Å². The largest absolute Gasteiger partial charge is 0.372 e. The summed E-state index contributed by atoms with van der Waals surface area (Å²) in [6, 6.07) is 26.7. The van der Waals surface area contributed by atoms with Crippen molar-refractivity contribution in [2.75, 3.05) is 41.7 Å². The van der Waals surface area contributed by atoms with Gasteiger partial charge in [0.1, 0.15) is 0 Å². The van der Waals surface area contributed by atoms with E-state index < -0.39 is 0 Å². The Hall–Kier alpha value is -4.73. The Morgan fingerprint density at radius 3 is 1.15 bits per heavy atom. The molecule has 2 nitrogen and oxygen atoms in total. The van der Waals surface area contributed by atoms with Gasteiger partial charge in [0.15, 0.2) is 0 Å². The molecule has 0 amide bonds. The highest BCUT2D eigenvalue weighted by molar-refractivity contribution is 7.99. The number of benzene rings is 3. The molecule has 0 aromatic heterocycles. The normalized spacial score (nSPS) is 17.3. The summed E-state index contributed by atoms with van der Waals surface area (Å²) in [5.41, 5.74) is 13.4. The molecule has 0 N–H and O–H groups in total. The molecular formula is C70H102N2S. The summed E-state index contributed by atoms with van der Waals surface area (Å²) >= 11 is 1.96. The lowest BCUT2D eigenvalue weighted by Gasteiger charge is -2.30. The Balaban J connectivity index is 0.000000299. The van der Waals surface area contributed by atoms with Crippen LogP contribution in [-0.2, 0) is 0 Å². The van der Waals surface area contributed by atoms with Gasteiger partial charge in [-0.2, -0.15) is 0 Å². The van der Waals surface area contributed by atoms with Crippen LogP contribution in [-0.4, -0.2) is 31.9 Å². The van der Waals surface area contributed by atoms with Crippen LogP contribution in [0.3, 0.4) is 0 Å². The summed E-state index contributed by atoms with van der Waals surface area (Å²) in [5.74, 6) is 1.21. The van der Waals surface area contributed by atoms with Crippen molar-refractivity contribution in [1.82, 2.24) is 0 Å². The van der Waals surface area contributed by atoms with E-state index >= 15 is 0 Å². The van der Waals surface area contributed by atoms with Gasteiger partial charge in [-0.05, 0) is 168 Å². The quantitative estimate of drug-likeness (QED) is 0.0983. The summed E-state index contributed by atoms with van der Waals surface area (Å²) < 4.78 is 0. The van der Waals surface area contributed by atoms with Crippen LogP contribution in [0.15, 0.2) is 167 Å². The van der Waals surface area contributed by atoms with E-state index in [-0.39, 0.29) is 16.2 Å². The number of hydrogen-bond acceptors (Lipinski definition) is 3. The number of unbranched alkanes of at least 4 members (excludes halogenated alkanes) is 1. The minimum Gasteiger partial charge on any atom is -0.372 e. The molecule has 0 unspecified atom stereocenters. The molecule has 73 heavy (non-hydrogen) atoms. The third-order valence-corrected chi connectivity index (χ3v) is 13.8. The van der Waals surface area contributed by atoms with E-state index in [1.165, 1.54) is 73.8 Å². The van der Waals surface area contributed by atoms with Gasteiger partial charge in [0, 0.05) is 42.4 Å². The second-order valence-corrected chi connectivity index (χ2v) is 26.2. The van der Waals surface area contributed by atoms with Gasteiger partial charge in [-0.3, -0.25) is 0 Å². The zero-order valence-electron chi connectivity index (χ0n) is 49.6. The van der Waals surface area contributed by atoms with Crippen LogP contribution in [0.5, 0.6) is 0 Å². The molecule has 0 fully saturated rings. The molecule has 5 rings (SSSR count). The second-order valence-electron chi connectivity index (χ2n) is 25.1. The first-order valence-electron chi connectivity index (χ1n) is 27.9. The fourth-order valence-electron chi connectivity index (χ4n) is 8.90. The average Bonchev–Trinajstić information content (AvgIpc) is 3.30. The topological polar surface area (TPSA) is 6.48 Å². The number of nitrogens with zero attached hydrogens (tertiary/aromatic N) is 2. The van der Waals surface area contributed by atoms with Crippen LogP contribution in [0.4, 0.5) is 11.4 Å². The molecule has 0 aliphatic heterocycles. The van der Waals surface area contributed by atoms with E-state index in [0.29, 0.717) is 10.8 Å². The number of rotatable bonds is 17. The lowest BCUT2D eigenvalue weighted by molar-refractivity contribution is 0.355. The van der Waals surface area contributed by atoms with Crippen LogP contribution in [0.1, 0.15) is 180 Å². The summed E-state index contributed by atoms with van der Waals surface area (Å²) in [6.07, 6.45) is 39.0. The minimum atomic E-state index is 0.227. The maximum Gasteiger partial charge on any atom is 0.0366 e. The Bertz CT molecular complexity index is 2360. The van der Waals surface area contributed by atoms with E-state index in [0.717, 1.165) is 51.9 Å². The highest BCUT2D eigenvalue weighted by atomic mass is 32.2. The molecular weight excluding hydrogens is 901 g/mol. The number of thioether (sulfide) groups is 1. The first-order valence-corrected chi connectivity index (χ1v) is 28.9. The van der Waals surface area contributed by atoms with Crippen LogP contribution >= 0.6 is 11.8 Å². The van der Waals surface area contributed by atoms with Gasteiger partial charge in [-0.15, -0.1) is 11.8 Å². The van der Waals surface area contributed by atoms with Crippen LogP contribution in [0.2, 0.25) is 0 Å². The Labute approximate surface area is 454 Å². The number of allylic oxidation sites excluding steroid dienone is 15. The molecule has 2 aliphatic rings. The Morgan fingerprint density at radius 1 is 0.452 bits per heavy atom. The lowest BCUT2D eigenvalue weighted by atomic mass is 9.75. The number of hydrogen-bond donors (Lipinski definition) is 0. The predicted molar refractivity (Wildman–Crippen MR) is 334 cm³/mol. The second kappa shape index (κ2) is 30.0. The van der Waals surface area contributed by atoms with Crippen LogP contribution in [0.25, 0.3) is 18.2 Å². The van der Waals surface area contributed by atoms with E-state index in [9.17, 15) is 0 Å². The highest BCUT2D eigenvalue weighted by Gasteiger charge is 2.25. The van der Waals surface area contributed by atoms with Crippen LogP contribution < -0.4 is 9.80 Å². The van der Waals surface area contributed by atoms with Crippen molar-refractivity contribution in [3.05, 3.63) is 179 Å². The maximum absolute atomic E-state index is 2.38. The van der Waals surface area contributed by atoms with Crippen molar-refractivity contribution in [1.29, 1.82) is 0 Å². The zero-order valence-corrected chi connectivity index (χ0v) is 50.4. The van der Waals surface area contributed by atoms with Gasteiger partial charge in [-0.1, -0.05) is 225 Å². The fraction of sp³-hybridized carbons (Fsp3) is 0.486. The molecule has 0 saturated carbocycles. The van der Waals surface area contributed by atoms with Crippen molar-refractivity contribution >= 4 is 41.4 Å². The molecule has 0 bridgehead atoms. The molecule has 0 radical (unpaired) electrons. The third-order valence-electron chi connectivity index (χ3n) is 12.7. The van der Waals surface area contributed by atoms with Gasteiger partial charge in [0.25, 0.3) is 0 Å². The van der Waals surface area contributed by atoms with Gasteiger partial charge in [0.2, 0.25) is 0 Å². The van der Waals surface area contributed by atoms with Crippen molar-refractivity contribution < 1.29 is 0 Å². The van der Waals surface area contributed by atoms with Gasteiger partial charge in [-0.25, -0.2) is 0 Å². The third kappa shape index (κ3) is 26.4. The standard InChI is InChI=1S/C27H39N.C27H38S.C16H25N/c1-8-28(9-2)25-16-14-22(15-17-25)12-13-24-19-23(20-27(6,7)21-24)11-10-18-26(3,4)5;1-7-8-18-28-25-15-13-22(14-16-25)11-12-24-19-23(20-27(5,6)21-24)10-9-17-26(2,3)4;1-6-17(7-2)15-10-8-14(9-11-15)12-13-16(3,4)5/h10-19H,8-9,20-21H2,1-7H3;9-17,19H,7-8,18,20-21H2,1-6H3;8-13H,6-7H2,1-5H3/b13-12+,18-10+,23-11-;12-11+,17-9+,23-10-;13-12+. The number of anilines is 2. The van der Waals surface area contributed by atoms with Crippen molar-refractivity contribution in [3.63, 3.8) is 0 Å². The van der Waals surface area contributed by atoms with E-state index in [4.69, 9.17) is 0 Å². The zero-order chi connectivity index (χ0) is 54.3. The van der Waals surface area contributed by atoms with E-state index in [1.807, 2.05) is 11.8 Å². The molecule has 3 aromatic rings. The smallest absolute Gasteiger partial charge is 0.0366 e. The molecule has 2 aliphatic carbocycles. The van der Waals surface area contributed by atoms with Gasteiger partial charge < -0.3 is 9.80 Å². The molecule has 0 atom stereocenters. The molecule has 0 saturated heterocycles. The predicted octanol–water partition coefficient (Wildman–Crippen LogP) is 21.3. The highest BCUT2D eigenvalue weighted by Crippen LogP contribution is 2.40. The minimum absolute atomic E-state index is 0.227. The Morgan fingerprint density at radius 2 is 0.808 bits per heavy atom. The summed E-state index contributed by atoms with van der Waals surface area (Å²) in [4.78, 5) is 6.11. The summed E-state index contributed by atoms with van der Waals surface area (Å²) in [5, 5.41) is 0. The van der Waals surface area contributed by atoms with Crippen molar-refractivity contribution in [2.45, 2.75) is 168 Å². The molecule has 3 heteroatoms. The van der Waals surface area contributed by atoms with Crippen LogP contribution in [0, 0.1) is 27.1 Å². The molecule has 3 aromatic carbocycles. The van der Waals surface area contributed by atoms with Gasteiger partial charge in [0.05, 0.1) is 0 Å². The molecule has 398 valence electrons. The summed E-state index contributed by atoms with van der Waals surface area (Å²) in [7, 11) is 0. The molecule has 0 spiro atoms. The average molecular weight is 1000 g/mol.